The minimum absolute atomic E-state index is 0.0197. The normalized spacial score (nSPS) is 15.0. The van der Waals surface area contributed by atoms with E-state index < -0.39 is 11.7 Å². The van der Waals surface area contributed by atoms with Crippen molar-refractivity contribution in [1.29, 1.82) is 0 Å². The van der Waals surface area contributed by atoms with E-state index in [1.54, 1.807) is 0 Å². The maximum absolute atomic E-state index is 12.7. The first-order valence-electron chi connectivity index (χ1n) is 6.23. The lowest BCUT2D eigenvalue weighted by atomic mass is 10.2. The molecule has 1 saturated carbocycles. The van der Waals surface area contributed by atoms with Crippen LogP contribution in [0.2, 0.25) is 0 Å². The lowest BCUT2D eigenvalue weighted by molar-refractivity contribution is -0.138. The van der Waals surface area contributed by atoms with Crippen molar-refractivity contribution in [3.8, 4) is 0 Å². The summed E-state index contributed by atoms with van der Waals surface area (Å²) in [5.41, 5.74) is -0.497. The molecule has 0 spiro atoms. The summed E-state index contributed by atoms with van der Waals surface area (Å²) >= 11 is 2.87. The molecule has 1 aromatic rings. The van der Waals surface area contributed by atoms with Crippen molar-refractivity contribution in [2.24, 2.45) is 5.92 Å². The molecule has 0 unspecified atom stereocenters. The Morgan fingerprint density at radius 2 is 2.05 bits per heavy atom. The maximum atomic E-state index is 12.7. The predicted octanol–water partition coefficient (Wildman–Crippen LogP) is 3.41. The van der Waals surface area contributed by atoms with Crippen LogP contribution in [0.5, 0.6) is 0 Å². The van der Waals surface area contributed by atoms with E-state index in [9.17, 15) is 18.0 Å². The molecule has 20 heavy (non-hydrogen) atoms. The number of carbonyl (C=O) groups is 1. The number of amides is 1. The van der Waals surface area contributed by atoms with Crippen LogP contribution in [0, 0.1) is 5.92 Å². The van der Waals surface area contributed by atoms with Crippen LogP contribution >= 0.6 is 15.9 Å². The highest BCUT2D eigenvalue weighted by molar-refractivity contribution is 9.10. The molecule has 1 aromatic carbocycles. The molecule has 1 amide bonds. The molecule has 2 N–H and O–H groups in total. The smallest absolute Gasteiger partial charge is 0.376 e. The molecule has 1 aliphatic rings. The number of halogens is 4. The van der Waals surface area contributed by atoms with Gasteiger partial charge in [-0.15, -0.1) is 0 Å². The van der Waals surface area contributed by atoms with Crippen LogP contribution in [-0.4, -0.2) is 19.0 Å². The van der Waals surface area contributed by atoms with Crippen molar-refractivity contribution in [2.75, 3.05) is 18.4 Å². The summed E-state index contributed by atoms with van der Waals surface area (Å²) in [7, 11) is 0. The molecule has 7 heteroatoms. The van der Waals surface area contributed by atoms with E-state index in [-0.39, 0.29) is 22.6 Å². The second-order valence-electron chi connectivity index (χ2n) is 4.79. The highest BCUT2D eigenvalue weighted by Crippen LogP contribution is 2.36. The number of rotatable bonds is 5. The van der Waals surface area contributed by atoms with Gasteiger partial charge in [0.25, 0.3) is 0 Å². The highest BCUT2D eigenvalue weighted by Gasteiger charge is 2.33. The second kappa shape index (κ2) is 6.03. The number of carbonyl (C=O) groups excluding carboxylic acids is 1. The average molecular weight is 351 g/mol. The number of benzene rings is 1. The standard InChI is InChI=1S/C13H14BrF3N2O/c14-11-4-3-9(5-10(11)13(15,16)17)18-7-12(20)19-6-8-1-2-8/h3-5,8,18H,1-2,6-7H2,(H,19,20). The van der Waals surface area contributed by atoms with Gasteiger partial charge in [0.05, 0.1) is 12.1 Å². The summed E-state index contributed by atoms with van der Waals surface area (Å²) in [6, 6.07) is 3.79. The van der Waals surface area contributed by atoms with Gasteiger partial charge in [0, 0.05) is 16.7 Å². The summed E-state index contributed by atoms with van der Waals surface area (Å²) in [5.74, 6) is 0.358. The van der Waals surface area contributed by atoms with E-state index in [0.717, 1.165) is 18.9 Å². The van der Waals surface area contributed by atoms with E-state index in [4.69, 9.17) is 0 Å². The molecular weight excluding hydrogens is 337 g/mol. The molecule has 0 atom stereocenters. The summed E-state index contributed by atoms with van der Waals surface area (Å²) in [4.78, 5) is 11.5. The fourth-order valence-electron chi connectivity index (χ4n) is 1.68. The van der Waals surface area contributed by atoms with Gasteiger partial charge in [-0.2, -0.15) is 13.2 Å². The molecular formula is C13H14BrF3N2O. The van der Waals surface area contributed by atoms with Gasteiger partial charge in [0.2, 0.25) is 5.91 Å². The van der Waals surface area contributed by atoms with Gasteiger partial charge in [-0.25, -0.2) is 0 Å². The van der Waals surface area contributed by atoms with Crippen LogP contribution in [-0.2, 0) is 11.0 Å². The molecule has 0 saturated heterocycles. The fourth-order valence-corrected chi connectivity index (χ4v) is 2.15. The van der Waals surface area contributed by atoms with Crippen LogP contribution in [0.25, 0.3) is 0 Å². The van der Waals surface area contributed by atoms with Gasteiger partial charge in [-0.1, -0.05) is 15.9 Å². The van der Waals surface area contributed by atoms with Crippen LogP contribution in [0.15, 0.2) is 22.7 Å². The first-order valence-corrected chi connectivity index (χ1v) is 7.03. The van der Waals surface area contributed by atoms with Crippen LogP contribution < -0.4 is 10.6 Å². The molecule has 3 nitrogen and oxygen atoms in total. The molecule has 1 aliphatic carbocycles. The van der Waals surface area contributed by atoms with Crippen LogP contribution in [0.3, 0.4) is 0 Å². The number of hydrogen-bond donors (Lipinski definition) is 2. The van der Waals surface area contributed by atoms with Crippen LogP contribution in [0.1, 0.15) is 18.4 Å². The fraction of sp³-hybridized carbons (Fsp3) is 0.462. The van der Waals surface area contributed by atoms with Crippen LogP contribution in [0.4, 0.5) is 18.9 Å². The zero-order chi connectivity index (χ0) is 14.8. The number of hydrogen-bond acceptors (Lipinski definition) is 2. The molecule has 0 radical (unpaired) electrons. The van der Waals surface area contributed by atoms with E-state index >= 15 is 0 Å². The Bertz CT molecular complexity index is 501. The Morgan fingerprint density at radius 1 is 1.35 bits per heavy atom. The number of alkyl halides is 3. The molecule has 0 aliphatic heterocycles. The van der Waals surface area contributed by atoms with Crippen molar-refractivity contribution < 1.29 is 18.0 Å². The lowest BCUT2D eigenvalue weighted by Crippen LogP contribution is -2.31. The topological polar surface area (TPSA) is 41.1 Å². The zero-order valence-corrected chi connectivity index (χ0v) is 12.1. The lowest BCUT2D eigenvalue weighted by Gasteiger charge is -2.12. The van der Waals surface area contributed by atoms with Gasteiger partial charge >= 0.3 is 6.18 Å². The van der Waals surface area contributed by atoms with E-state index in [1.807, 2.05) is 0 Å². The Morgan fingerprint density at radius 3 is 2.65 bits per heavy atom. The monoisotopic (exact) mass is 350 g/mol. The summed E-state index contributed by atoms with van der Waals surface area (Å²) in [6.07, 6.45) is -2.16. The van der Waals surface area contributed by atoms with E-state index in [0.29, 0.717) is 12.5 Å². The molecule has 1 fully saturated rings. The van der Waals surface area contributed by atoms with Gasteiger partial charge in [0.1, 0.15) is 0 Å². The van der Waals surface area contributed by atoms with Crippen molar-refractivity contribution >= 4 is 27.5 Å². The Balaban J connectivity index is 1.90. The third-order valence-electron chi connectivity index (χ3n) is 3.01. The molecule has 0 heterocycles. The Kier molecular flexibility index (Phi) is 4.57. The van der Waals surface area contributed by atoms with E-state index in [1.165, 1.54) is 12.1 Å². The van der Waals surface area contributed by atoms with Crippen molar-refractivity contribution in [2.45, 2.75) is 19.0 Å². The van der Waals surface area contributed by atoms with Crippen molar-refractivity contribution in [3.63, 3.8) is 0 Å². The SMILES string of the molecule is O=C(CNc1ccc(Br)c(C(F)(F)F)c1)NCC1CC1. The van der Waals surface area contributed by atoms with E-state index in [2.05, 4.69) is 26.6 Å². The van der Waals surface area contributed by atoms with Gasteiger partial charge < -0.3 is 10.6 Å². The van der Waals surface area contributed by atoms with Crippen molar-refractivity contribution in [3.05, 3.63) is 28.2 Å². The minimum atomic E-state index is -4.43. The van der Waals surface area contributed by atoms with Gasteiger partial charge in [-0.05, 0) is 37.0 Å². The third kappa shape index (κ3) is 4.40. The number of nitrogens with one attached hydrogen (secondary N) is 2. The predicted molar refractivity (Wildman–Crippen MR) is 73.4 cm³/mol. The van der Waals surface area contributed by atoms with Gasteiger partial charge in [-0.3, -0.25) is 4.79 Å². The molecule has 0 bridgehead atoms. The molecule has 0 aromatic heterocycles. The third-order valence-corrected chi connectivity index (χ3v) is 3.70. The summed E-state index contributed by atoms with van der Waals surface area (Å²) in [6.45, 7) is 0.611. The number of anilines is 1. The first kappa shape index (κ1) is 15.2. The maximum Gasteiger partial charge on any atom is 0.417 e. The quantitative estimate of drug-likeness (QED) is 0.854. The average Bonchev–Trinajstić information content (AvgIpc) is 3.18. The Hall–Kier alpha value is -1.24. The minimum Gasteiger partial charge on any atom is -0.376 e. The van der Waals surface area contributed by atoms with Gasteiger partial charge in [0.15, 0.2) is 0 Å². The highest BCUT2D eigenvalue weighted by atomic mass is 79.9. The first-order chi connectivity index (χ1) is 9.36. The zero-order valence-electron chi connectivity index (χ0n) is 10.6. The summed E-state index contributed by atoms with van der Waals surface area (Å²) in [5, 5.41) is 5.43. The molecule has 2 rings (SSSR count). The Labute approximate surface area is 123 Å². The van der Waals surface area contributed by atoms with Crippen molar-refractivity contribution in [1.82, 2.24) is 5.32 Å². The second-order valence-corrected chi connectivity index (χ2v) is 5.65. The summed E-state index contributed by atoms with van der Waals surface area (Å²) < 4.78 is 38.1. The largest absolute Gasteiger partial charge is 0.417 e. The molecule has 110 valence electrons.